The molecule has 0 unspecified atom stereocenters. The number of pyridine rings is 1. The average Bonchev–Trinajstić information content (AvgIpc) is 2.72. The molecule has 2 heterocycles. The number of carboxylic acid groups (broad SMARTS) is 1. The monoisotopic (exact) mass is 454 g/mol. The number of para-hydroxylation sites is 1. The number of anilines is 1. The fraction of sp³-hybridized carbons (Fsp3) is 0.500. The Kier molecular flexibility index (Phi) is 8.82. The molecule has 3 rings (SSSR count). The Morgan fingerprint density at radius 3 is 2.38 bits per heavy atom. The van der Waals surface area contributed by atoms with Gasteiger partial charge in [0, 0.05) is 17.8 Å². The molecule has 0 atom stereocenters. The van der Waals surface area contributed by atoms with Gasteiger partial charge in [0.15, 0.2) is 0 Å². The van der Waals surface area contributed by atoms with E-state index in [1.54, 1.807) is 0 Å². The quantitative estimate of drug-likeness (QED) is 0.592. The summed E-state index contributed by atoms with van der Waals surface area (Å²) in [4.78, 5) is 28.3. The fourth-order valence-corrected chi connectivity index (χ4v) is 3.54. The number of halogens is 3. The lowest BCUT2D eigenvalue weighted by atomic mass is 9.95. The smallest absolute Gasteiger partial charge is 0.475 e. The van der Waals surface area contributed by atoms with E-state index in [0.717, 1.165) is 48.9 Å². The van der Waals surface area contributed by atoms with Crippen LogP contribution in [-0.4, -0.2) is 52.7 Å². The molecular formula is C22H29F3N4O3. The van der Waals surface area contributed by atoms with Crippen molar-refractivity contribution in [2.24, 2.45) is 11.8 Å². The molecule has 7 nitrogen and oxygen atoms in total. The number of carbonyl (C=O) groups excluding carboxylic acids is 1. The van der Waals surface area contributed by atoms with E-state index < -0.39 is 12.1 Å². The Morgan fingerprint density at radius 2 is 1.81 bits per heavy atom. The van der Waals surface area contributed by atoms with E-state index in [1.165, 1.54) is 0 Å². The molecule has 0 aliphatic carbocycles. The van der Waals surface area contributed by atoms with Crippen molar-refractivity contribution in [3.63, 3.8) is 0 Å². The maximum atomic E-state index is 12.4. The van der Waals surface area contributed by atoms with E-state index in [9.17, 15) is 18.0 Å². The summed E-state index contributed by atoms with van der Waals surface area (Å²) in [6.45, 7) is 9.66. The van der Waals surface area contributed by atoms with Gasteiger partial charge in [0.05, 0.1) is 5.52 Å². The molecule has 2 aromatic rings. The van der Waals surface area contributed by atoms with Gasteiger partial charge in [-0.05, 0) is 56.5 Å². The van der Waals surface area contributed by atoms with Crippen LogP contribution in [0.5, 0.6) is 0 Å². The van der Waals surface area contributed by atoms with E-state index in [4.69, 9.17) is 9.90 Å². The van der Waals surface area contributed by atoms with Crippen LogP contribution in [0.3, 0.4) is 0 Å². The van der Waals surface area contributed by atoms with Crippen LogP contribution >= 0.6 is 0 Å². The number of carbonyl (C=O) groups is 2. The number of rotatable bonds is 5. The highest BCUT2D eigenvalue weighted by molar-refractivity contribution is 5.84. The SMILES string of the molecule is Cc1cc(NNC(=O)C2CCN(CC(C)C)CC2)nc2ccccc12.O=C(O)C(F)(F)F. The minimum Gasteiger partial charge on any atom is -0.475 e. The molecule has 0 bridgehead atoms. The predicted octanol–water partition coefficient (Wildman–Crippen LogP) is 3.99. The molecule has 1 amide bonds. The Balaban J connectivity index is 0.000000451. The van der Waals surface area contributed by atoms with Gasteiger partial charge >= 0.3 is 12.1 Å². The molecule has 10 heteroatoms. The number of aryl methyl sites for hydroxylation is 1. The number of hydrogen-bond acceptors (Lipinski definition) is 5. The summed E-state index contributed by atoms with van der Waals surface area (Å²) in [6.07, 6.45) is -3.24. The molecular weight excluding hydrogens is 425 g/mol. The van der Waals surface area contributed by atoms with Crippen LogP contribution in [0.25, 0.3) is 10.9 Å². The zero-order valence-electron chi connectivity index (χ0n) is 18.4. The van der Waals surface area contributed by atoms with Crippen LogP contribution in [0.4, 0.5) is 19.0 Å². The molecule has 3 N–H and O–H groups in total. The third kappa shape index (κ3) is 7.67. The van der Waals surface area contributed by atoms with Crippen LogP contribution in [0.2, 0.25) is 0 Å². The number of benzene rings is 1. The Labute approximate surface area is 185 Å². The standard InChI is InChI=1S/C20H28N4O.C2HF3O2/c1-14(2)13-24-10-8-16(9-11-24)20(25)23-22-19-12-15(3)17-6-4-5-7-18(17)21-19;3-2(4,5)1(6)7/h4-7,12,14,16H,8-11,13H2,1-3H3,(H,21,22)(H,23,25);(H,6,7). The summed E-state index contributed by atoms with van der Waals surface area (Å²) in [6, 6.07) is 10.00. The van der Waals surface area contributed by atoms with Crippen molar-refractivity contribution in [3.8, 4) is 0 Å². The Hall–Kier alpha value is -2.88. The van der Waals surface area contributed by atoms with Gasteiger partial charge < -0.3 is 10.0 Å². The molecule has 0 radical (unpaired) electrons. The first-order chi connectivity index (χ1) is 15.0. The van der Waals surface area contributed by atoms with Gasteiger partial charge in [0.25, 0.3) is 0 Å². The van der Waals surface area contributed by atoms with Gasteiger partial charge in [-0.25, -0.2) is 9.78 Å². The van der Waals surface area contributed by atoms with E-state index in [2.05, 4.69) is 47.6 Å². The van der Waals surface area contributed by atoms with Gasteiger partial charge in [0.1, 0.15) is 5.82 Å². The molecule has 0 saturated carbocycles. The first kappa shape index (κ1) is 25.4. The molecule has 1 saturated heterocycles. The number of fused-ring (bicyclic) bond motifs is 1. The summed E-state index contributed by atoms with van der Waals surface area (Å²) < 4.78 is 31.7. The first-order valence-electron chi connectivity index (χ1n) is 10.4. The van der Waals surface area contributed by atoms with Crippen molar-refractivity contribution in [1.29, 1.82) is 0 Å². The molecule has 0 spiro atoms. The molecule has 1 aromatic carbocycles. The van der Waals surface area contributed by atoms with Crippen molar-refractivity contribution >= 4 is 28.6 Å². The summed E-state index contributed by atoms with van der Waals surface area (Å²) in [5.74, 6) is -1.25. The average molecular weight is 454 g/mol. The largest absolute Gasteiger partial charge is 0.490 e. The van der Waals surface area contributed by atoms with Gasteiger partial charge in [0.2, 0.25) is 5.91 Å². The lowest BCUT2D eigenvalue weighted by molar-refractivity contribution is -0.192. The maximum Gasteiger partial charge on any atom is 0.490 e. The molecule has 1 aliphatic rings. The lowest BCUT2D eigenvalue weighted by Crippen LogP contribution is -2.43. The van der Waals surface area contributed by atoms with Gasteiger partial charge in [-0.2, -0.15) is 13.2 Å². The summed E-state index contributed by atoms with van der Waals surface area (Å²) in [5.41, 5.74) is 7.91. The van der Waals surface area contributed by atoms with Crippen LogP contribution in [0.1, 0.15) is 32.3 Å². The third-order valence-corrected chi connectivity index (χ3v) is 5.06. The molecule has 32 heavy (non-hydrogen) atoms. The van der Waals surface area contributed by atoms with Crippen molar-refractivity contribution in [2.45, 2.75) is 39.8 Å². The van der Waals surface area contributed by atoms with E-state index >= 15 is 0 Å². The number of nitrogens with zero attached hydrogens (tertiary/aromatic N) is 2. The number of aromatic nitrogens is 1. The lowest BCUT2D eigenvalue weighted by Gasteiger charge is -2.32. The zero-order chi connectivity index (χ0) is 23.9. The topological polar surface area (TPSA) is 94.6 Å². The van der Waals surface area contributed by atoms with Crippen LogP contribution in [0, 0.1) is 18.8 Å². The Bertz CT molecular complexity index is 926. The Morgan fingerprint density at radius 1 is 1.22 bits per heavy atom. The number of likely N-dealkylation sites (tertiary alicyclic amines) is 1. The van der Waals surface area contributed by atoms with Crippen molar-refractivity contribution in [2.75, 3.05) is 25.1 Å². The molecule has 1 aliphatic heterocycles. The fourth-order valence-electron chi connectivity index (χ4n) is 3.54. The second kappa shape index (κ2) is 11.1. The first-order valence-corrected chi connectivity index (χ1v) is 10.4. The van der Waals surface area contributed by atoms with Crippen LogP contribution in [0.15, 0.2) is 30.3 Å². The van der Waals surface area contributed by atoms with Crippen LogP contribution in [-0.2, 0) is 9.59 Å². The molecule has 1 fully saturated rings. The number of aliphatic carboxylic acids is 1. The van der Waals surface area contributed by atoms with Crippen LogP contribution < -0.4 is 10.9 Å². The minimum atomic E-state index is -5.08. The number of alkyl halides is 3. The number of piperidine rings is 1. The predicted molar refractivity (Wildman–Crippen MR) is 116 cm³/mol. The van der Waals surface area contributed by atoms with Crippen molar-refractivity contribution in [1.82, 2.24) is 15.3 Å². The van der Waals surface area contributed by atoms with E-state index in [0.29, 0.717) is 11.7 Å². The number of nitrogens with one attached hydrogen (secondary N) is 2. The van der Waals surface area contributed by atoms with Gasteiger partial charge in [-0.15, -0.1) is 0 Å². The number of amides is 1. The van der Waals surface area contributed by atoms with E-state index in [-0.39, 0.29) is 11.8 Å². The molecule has 176 valence electrons. The summed E-state index contributed by atoms with van der Waals surface area (Å²) in [7, 11) is 0. The second-order valence-corrected chi connectivity index (χ2v) is 8.23. The zero-order valence-corrected chi connectivity index (χ0v) is 18.4. The summed E-state index contributed by atoms with van der Waals surface area (Å²) in [5, 5.41) is 8.26. The molecule has 1 aromatic heterocycles. The third-order valence-electron chi connectivity index (χ3n) is 5.06. The number of hydrogen-bond donors (Lipinski definition) is 3. The van der Waals surface area contributed by atoms with E-state index in [1.807, 2.05) is 24.3 Å². The minimum absolute atomic E-state index is 0.0665. The van der Waals surface area contributed by atoms with Gasteiger partial charge in [-0.1, -0.05) is 32.0 Å². The van der Waals surface area contributed by atoms with Gasteiger partial charge in [-0.3, -0.25) is 15.6 Å². The normalized spacial score (nSPS) is 15.2. The highest BCUT2D eigenvalue weighted by atomic mass is 19.4. The number of carboxylic acids is 1. The van der Waals surface area contributed by atoms with Crippen molar-refractivity contribution in [3.05, 3.63) is 35.9 Å². The second-order valence-electron chi connectivity index (χ2n) is 8.23. The summed E-state index contributed by atoms with van der Waals surface area (Å²) >= 11 is 0. The highest BCUT2D eigenvalue weighted by Gasteiger charge is 2.38. The highest BCUT2D eigenvalue weighted by Crippen LogP contribution is 2.21. The number of hydrazine groups is 1. The maximum absolute atomic E-state index is 12.4. The van der Waals surface area contributed by atoms with Crippen molar-refractivity contribution < 1.29 is 27.9 Å².